The average molecular weight is 302 g/mol. The van der Waals surface area contributed by atoms with Crippen LogP contribution in [0.3, 0.4) is 0 Å². The molecule has 0 aromatic heterocycles. The van der Waals surface area contributed by atoms with Gasteiger partial charge in [-0.2, -0.15) is 0 Å². The van der Waals surface area contributed by atoms with E-state index in [1.54, 1.807) is 0 Å². The molecule has 0 bridgehead atoms. The molecule has 0 aliphatic heterocycles. The van der Waals surface area contributed by atoms with Gasteiger partial charge in [-0.05, 0) is 18.8 Å². The summed E-state index contributed by atoms with van der Waals surface area (Å²) in [4.78, 5) is 10.4. The number of halogens is 1. The molecule has 0 saturated heterocycles. The number of aliphatic carboxylic acids is 1. The Morgan fingerprint density at radius 2 is 1.24 bits per heavy atom. The maximum atomic E-state index is 11.9. The second kappa shape index (κ2) is 15.8. The Hall–Kier alpha value is -0.600. The third kappa shape index (κ3) is 17.3. The van der Waals surface area contributed by atoms with Gasteiger partial charge in [0, 0.05) is 6.42 Å². The molecule has 0 spiro atoms. The molecule has 21 heavy (non-hydrogen) atoms. The molecule has 0 aliphatic carbocycles. The van der Waals surface area contributed by atoms with Crippen molar-refractivity contribution in [2.24, 2.45) is 5.92 Å². The van der Waals surface area contributed by atoms with E-state index < -0.39 is 5.97 Å². The number of hydrogen-bond donors (Lipinski definition) is 1. The zero-order valence-electron chi connectivity index (χ0n) is 13.9. The van der Waals surface area contributed by atoms with Crippen LogP contribution in [0.1, 0.15) is 96.8 Å². The van der Waals surface area contributed by atoms with Crippen molar-refractivity contribution >= 4 is 5.97 Å². The van der Waals surface area contributed by atoms with Crippen LogP contribution >= 0.6 is 0 Å². The predicted octanol–water partition coefficient (Wildman–Crippen LogP) is 6.14. The SMILES string of the molecule is CC(CCCCCCCCCCCCF)CCCC(=O)O. The van der Waals surface area contributed by atoms with Gasteiger partial charge in [0.15, 0.2) is 0 Å². The molecule has 1 atom stereocenters. The van der Waals surface area contributed by atoms with Crippen LogP contribution < -0.4 is 0 Å². The number of carboxylic acids is 1. The third-order valence-corrected chi connectivity index (χ3v) is 4.17. The summed E-state index contributed by atoms with van der Waals surface area (Å²) in [5.41, 5.74) is 0. The minimum Gasteiger partial charge on any atom is -0.481 e. The molecule has 126 valence electrons. The van der Waals surface area contributed by atoms with E-state index in [1.807, 2.05) is 0 Å². The van der Waals surface area contributed by atoms with E-state index in [-0.39, 0.29) is 6.67 Å². The van der Waals surface area contributed by atoms with Crippen molar-refractivity contribution in [2.75, 3.05) is 6.67 Å². The largest absolute Gasteiger partial charge is 0.481 e. The first-order chi connectivity index (χ1) is 10.2. The van der Waals surface area contributed by atoms with Crippen LogP contribution in [0.15, 0.2) is 0 Å². The Labute approximate surface area is 130 Å². The van der Waals surface area contributed by atoms with Crippen LogP contribution in [-0.2, 0) is 4.79 Å². The summed E-state index contributed by atoms with van der Waals surface area (Å²) in [6.45, 7) is 2.08. The lowest BCUT2D eigenvalue weighted by molar-refractivity contribution is -0.137. The molecule has 1 N–H and O–H groups in total. The molecule has 0 rings (SSSR count). The number of rotatable bonds is 16. The van der Waals surface area contributed by atoms with Crippen molar-refractivity contribution in [3.05, 3.63) is 0 Å². The lowest BCUT2D eigenvalue weighted by atomic mass is 9.96. The van der Waals surface area contributed by atoms with E-state index in [0.29, 0.717) is 12.3 Å². The van der Waals surface area contributed by atoms with Gasteiger partial charge in [0.25, 0.3) is 0 Å². The summed E-state index contributed by atoms with van der Waals surface area (Å²) in [5, 5.41) is 8.59. The van der Waals surface area contributed by atoms with Gasteiger partial charge < -0.3 is 5.11 Å². The first kappa shape index (κ1) is 20.4. The summed E-state index contributed by atoms with van der Waals surface area (Å²) < 4.78 is 11.9. The zero-order valence-corrected chi connectivity index (χ0v) is 13.9. The van der Waals surface area contributed by atoms with Crippen molar-refractivity contribution in [2.45, 2.75) is 96.8 Å². The summed E-state index contributed by atoms with van der Waals surface area (Å²) in [6, 6.07) is 0. The fourth-order valence-electron chi connectivity index (χ4n) is 2.75. The summed E-state index contributed by atoms with van der Waals surface area (Å²) in [7, 11) is 0. The molecule has 0 saturated carbocycles. The van der Waals surface area contributed by atoms with Crippen molar-refractivity contribution in [1.29, 1.82) is 0 Å². The molecular weight excluding hydrogens is 267 g/mol. The first-order valence-corrected chi connectivity index (χ1v) is 8.94. The fourth-order valence-corrected chi connectivity index (χ4v) is 2.75. The van der Waals surface area contributed by atoms with Crippen LogP contribution in [0.4, 0.5) is 4.39 Å². The molecule has 1 unspecified atom stereocenters. The highest BCUT2D eigenvalue weighted by Gasteiger charge is 2.04. The maximum Gasteiger partial charge on any atom is 0.303 e. The second-order valence-electron chi connectivity index (χ2n) is 6.40. The van der Waals surface area contributed by atoms with Crippen LogP contribution in [0.2, 0.25) is 0 Å². The number of carbonyl (C=O) groups is 1. The lowest BCUT2D eigenvalue weighted by Crippen LogP contribution is -1.99. The number of unbranched alkanes of at least 4 members (excludes halogenated alkanes) is 9. The Morgan fingerprint density at radius 3 is 1.71 bits per heavy atom. The molecule has 2 nitrogen and oxygen atoms in total. The third-order valence-electron chi connectivity index (χ3n) is 4.17. The van der Waals surface area contributed by atoms with Gasteiger partial charge in [0.1, 0.15) is 0 Å². The lowest BCUT2D eigenvalue weighted by Gasteiger charge is -2.10. The van der Waals surface area contributed by atoms with Gasteiger partial charge in [-0.3, -0.25) is 9.18 Å². The highest BCUT2D eigenvalue weighted by Crippen LogP contribution is 2.17. The van der Waals surface area contributed by atoms with Crippen LogP contribution in [0.25, 0.3) is 0 Å². The highest BCUT2D eigenvalue weighted by atomic mass is 19.1. The van der Waals surface area contributed by atoms with Gasteiger partial charge in [0.2, 0.25) is 0 Å². The van der Waals surface area contributed by atoms with Crippen LogP contribution in [0.5, 0.6) is 0 Å². The Kier molecular flexibility index (Phi) is 15.3. The van der Waals surface area contributed by atoms with E-state index in [1.165, 1.54) is 57.8 Å². The summed E-state index contributed by atoms with van der Waals surface area (Å²) >= 11 is 0. The molecule has 0 aliphatic rings. The minimum absolute atomic E-state index is 0.158. The zero-order chi connectivity index (χ0) is 15.8. The standard InChI is InChI=1S/C18H35FO2/c1-17(14-12-15-18(20)21)13-10-8-6-4-2-3-5-7-9-11-16-19/h17H,2-16H2,1H3,(H,20,21). The Balaban J connectivity index is 3.12. The molecule has 3 heteroatoms. The molecule has 0 aromatic rings. The number of alkyl halides is 1. The normalized spacial score (nSPS) is 12.5. The van der Waals surface area contributed by atoms with E-state index >= 15 is 0 Å². The maximum absolute atomic E-state index is 11.9. The van der Waals surface area contributed by atoms with E-state index in [9.17, 15) is 9.18 Å². The molecule has 0 radical (unpaired) electrons. The van der Waals surface area contributed by atoms with Crippen molar-refractivity contribution in [3.8, 4) is 0 Å². The highest BCUT2D eigenvalue weighted by molar-refractivity contribution is 5.66. The number of hydrogen-bond acceptors (Lipinski definition) is 1. The van der Waals surface area contributed by atoms with E-state index in [2.05, 4.69) is 6.92 Å². The Bertz CT molecular complexity index is 231. The summed E-state index contributed by atoms with van der Waals surface area (Å²) in [5.74, 6) is -0.00764. The molecule has 0 amide bonds. The van der Waals surface area contributed by atoms with E-state index in [0.717, 1.165) is 25.7 Å². The molecule has 0 heterocycles. The van der Waals surface area contributed by atoms with Crippen molar-refractivity contribution < 1.29 is 14.3 Å². The van der Waals surface area contributed by atoms with Gasteiger partial charge in [0.05, 0.1) is 6.67 Å². The molecule has 0 fully saturated rings. The second-order valence-corrected chi connectivity index (χ2v) is 6.40. The predicted molar refractivity (Wildman–Crippen MR) is 87.4 cm³/mol. The fraction of sp³-hybridized carbons (Fsp3) is 0.944. The molecule has 0 aromatic carbocycles. The monoisotopic (exact) mass is 302 g/mol. The van der Waals surface area contributed by atoms with Crippen LogP contribution in [0, 0.1) is 5.92 Å². The van der Waals surface area contributed by atoms with E-state index in [4.69, 9.17) is 5.11 Å². The topological polar surface area (TPSA) is 37.3 Å². The number of carboxylic acid groups (broad SMARTS) is 1. The summed E-state index contributed by atoms with van der Waals surface area (Å²) in [6.07, 6.45) is 15.5. The van der Waals surface area contributed by atoms with Crippen LogP contribution in [-0.4, -0.2) is 17.8 Å². The smallest absolute Gasteiger partial charge is 0.303 e. The van der Waals surface area contributed by atoms with Crippen molar-refractivity contribution in [1.82, 2.24) is 0 Å². The van der Waals surface area contributed by atoms with Gasteiger partial charge in [-0.25, -0.2) is 0 Å². The van der Waals surface area contributed by atoms with Gasteiger partial charge >= 0.3 is 5.97 Å². The van der Waals surface area contributed by atoms with Crippen molar-refractivity contribution in [3.63, 3.8) is 0 Å². The Morgan fingerprint density at radius 1 is 0.810 bits per heavy atom. The molecular formula is C18H35FO2. The van der Waals surface area contributed by atoms with Gasteiger partial charge in [-0.1, -0.05) is 77.6 Å². The quantitative estimate of drug-likeness (QED) is 0.348. The average Bonchev–Trinajstić information content (AvgIpc) is 2.44. The first-order valence-electron chi connectivity index (χ1n) is 8.94. The van der Waals surface area contributed by atoms with Gasteiger partial charge in [-0.15, -0.1) is 0 Å². The minimum atomic E-state index is -0.674.